The maximum atomic E-state index is 13.8. The number of pyridine rings is 2. The smallest absolute Gasteiger partial charge is 0.163 e. The molecule has 0 amide bonds. The Morgan fingerprint density at radius 3 is 2.39 bits per heavy atom. The number of hydrogen-bond donors (Lipinski definition) is 1. The molecule has 0 fully saturated rings. The lowest BCUT2D eigenvalue weighted by atomic mass is 10.0. The summed E-state index contributed by atoms with van der Waals surface area (Å²) in [4.78, 5) is 18.1. The van der Waals surface area contributed by atoms with Crippen LogP contribution in [0.15, 0.2) is 85.3 Å². The van der Waals surface area contributed by atoms with Crippen molar-refractivity contribution in [2.45, 2.75) is 13.0 Å². The molecular formula is C26H19F2N5. The largest absolute Gasteiger partial charge is 0.361 e. The van der Waals surface area contributed by atoms with Gasteiger partial charge in [-0.2, -0.15) is 0 Å². The Morgan fingerprint density at radius 1 is 0.788 bits per heavy atom. The number of nitrogens with zero attached hydrogens (tertiary/aromatic N) is 4. The summed E-state index contributed by atoms with van der Waals surface area (Å²) >= 11 is 0. The van der Waals surface area contributed by atoms with Crippen molar-refractivity contribution in [2.24, 2.45) is 0 Å². The second-order valence-corrected chi connectivity index (χ2v) is 7.62. The maximum Gasteiger partial charge on any atom is 0.163 e. The molecule has 0 aliphatic rings. The predicted octanol–water partition coefficient (Wildman–Crippen LogP) is 6.21. The molecule has 1 atom stereocenters. The number of fused-ring (bicyclic) bond motifs is 1. The minimum absolute atomic E-state index is 0.100. The van der Waals surface area contributed by atoms with E-state index in [-0.39, 0.29) is 6.04 Å². The highest BCUT2D eigenvalue weighted by Crippen LogP contribution is 2.31. The Balaban J connectivity index is 1.63. The zero-order valence-electron chi connectivity index (χ0n) is 17.7. The van der Waals surface area contributed by atoms with Gasteiger partial charge in [-0.05, 0) is 66.6 Å². The number of nitrogens with one attached hydrogen (secondary N) is 1. The van der Waals surface area contributed by atoms with Crippen molar-refractivity contribution >= 4 is 16.7 Å². The molecule has 3 heterocycles. The molecule has 5 rings (SSSR count). The van der Waals surface area contributed by atoms with Gasteiger partial charge in [-0.25, -0.2) is 18.7 Å². The number of anilines is 1. The van der Waals surface area contributed by atoms with E-state index in [0.717, 1.165) is 28.3 Å². The van der Waals surface area contributed by atoms with E-state index in [1.165, 1.54) is 6.07 Å². The Bertz CT molecular complexity index is 1430. The zero-order valence-corrected chi connectivity index (χ0v) is 17.7. The second-order valence-electron chi connectivity index (χ2n) is 7.62. The summed E-state index contributed by atoms with van der Waals surface area (Å²) < 4.78 is 27.2. The first kappa shape index (κ1) is 20.6. The molecule has 0 radical (unpaired) electrons. The molecule has 0 saturated heterocycles. The molecule has 0 aliphatic carbocycles. The van der Waals surface area contributed by atoms with Crippen LogP contribution in [0.25, 0.3) is 33.4 Å². The predicted molar refractivity (Wildman–Crippen MR) is 124 cm³/mol. The molecule has 0 bridgehead atoms. The highest BCUT2D eigenvalue weighted by atomic mass is 19.2. The molecule has 1 N–H and O–H groups in total. The minimum atomic E-state index is -0.891. The van der Waals surface area contributed by atoms with Crippen LogP contribution in [0.3, 0.4) is 0 Å². The van der Waals surface area contributed by atoms with E-state index >= 15 is 0 Å². The van der Waals surface area contributed by atoms with Gasteiger partial charge in [-0.1, -0.05) is 18.2 Å². The molecule has 1 unspecified atom stereocenters. The van der Waals surface area contributed by atoms with Gasteiger partial charge in [0, 0.05) is 29.5 Å². The van der Waals surface area contributed by atoms with Crippen molar-refractivity contribution in [2.75, 3.05) is 5.32 Å². The Labute approximate surface area is 189 Å². The highest BCUT2D eigenvalue weighted by Gasteiger charge is 2.15. The van der Waals surface area contributed by atoms with Crippen molar-refractivity contribution in [3.63, 3.8) is 0 Å². The SMILES string of the molecule is CC(Nc1nc(-c2cccnc2)nc2cc(-c3ccc(F)c(F)c3)ccc12)c1ccccn1. The van der Waals surface area contributed by atoms with Crippen molar-refractivity contribution < 1.29 is 8.78 Å². The molecule has 5 aromatic rings. The van der Waals surface area contributed by atoms with Crippen LogP contribution in [-0.2, 0) is 0 Å². The summed E-state index contributed by atoms with van der Waals surface area (Å²) in [6.07, 6.45) is 5.14. The van der Waals surface area contributed by atoms with Crippen molar-refractivity contribution in [3.05, 3.63) is 103 Å². The third kappa shape index (κ3) is 4.25. The number of hydrogen-bond acceptors (Lipinski definition) is 5. The Kier molecular flexibility index (Phi) is 5.44. The van der Waals surface area contributed by atoms with E-state index in [4.69, 9.17) is 9.97 Å². The van der Waals surface area contributed by atoms with Gasteiger partial charge in [0.25, 0.3) is 0 Å². The first-order valence-corrected chi connectivity index (χ1v) is 10.4. The molecule has 162 valence electrons. The van der Waals surface area contributed by atoms with Crippen molar-refractivity contribution in [3.8, 4) is 22.5 Å². The van der Waals surface area contributed by atoms with Gasteiger partial charge >= 0.3 is 0 Å². The van der Waals surface area contributed by atoms with Crippen LogP contribution < -0.4 is 5.32 Å². The van der Waals surface area contributed by atoms with E-state index < -0.39 is 11.6 Å². The standard InChI is InChI=1S/C26H19F2N5/c1-16(23-6-2-3-12-30-23)31-26-20-9-7-18(17-8-10-21(27)22(28)13-17)14-24(20)32-25(33-26)19-5-4-11-29-15-19/h2-16H,1H3,(H,31,32,33). The van der Waals surface area contributed by atoms with Gasteiger partial charge in [0.15, 0.2) is 17.5 Å². The lowest BCUT2D eigenvalue weighted by Gasteiger charge is -2.17. The van der Waals surface area contributed by atoms with Crippen LogP contribution in [0.2, 0.25) is 0 Å². The lowest BCUT2D eigenvalue weighted by Crippen LogP contribution is -2.10. The number of halogens is 2. The summed E-state index contributed by atoms with van der Waals surface area (Å²) in [7, 11) is 0. The van der Waals surface area contributed by atoms with Crippen LogP contribution in [0.1, 0.15) is 18.7 Å². The zero-order chi connectivity index (χ0) is 22.8. The molecule has 2 aromatic carbocycles. The summed E-state index contributed by atoms with van der Waals surface area (Å²) in [5.74, 6) is -0.615. The average Bonchev–Trinajstić information content (AvgIpc) is 2.86. The fourth-order valence-corrected chi connectivity index (χ4v) is 3.63. The maximum absolute atomic E-state index is 13.8. The monoisotopic (exact) mass is 439 g/mol. The number of rotatable bonds is 5. The van der Waals surface area contributed by atoms with Gasteiger partial charge in [0.2, 0.25) is 0 Å². The van der Waals surface area contributed by atoms with Crippen LogP contribution in [-0.4, -0.2) is 19.9 Å². The number of benzene rings is 2. The van der Waals surface area contributed by atoms with Gasteiger partial charge in [-0.15, -0.1) is 0 Å². The van der Waals surface area contributed by atoms with E-state index in [2.05, 4.69) is 15.3 Å². The summed E-state index contributed by atoms with van der Waals surface area (Å²) in [5.41, 5.74) is 3.60. The molecule has 3 aromatic heterocycles. The van der Waals surface area contributed by atoms with Crippen LogP contribution in [0.4, 0.5) is 14.6 Å². The molecule has 33 heavy (non-hydrogen) atoms. The molecule has 7 heteroatoms. The minimum Gasteiger partial charge on any atom is -0.361 e. The van der Waals surface area contributed by atoms with E-state index in [1.807, 2.05) is 55.5 Å². The third-order valence-corrected chi connectivity index (χ3v) is 5.35. The fourth-order valence-electron chi connectivity index (χ4n) is 3.63. The molecule has 0 aliphatic heterocycles. The second kappa shape index (κ2) is 8.70. The van der Waals surface area contributed by atoms with Crippen LogP contribution in [0.5, 0.6) is 0 Å². The van der Waals surface area contributed by atoms with Crippen LogP contribution in [0, 0.1) is 11.6 Å². The Hall–Kier alpha value is -4.26. The highest BCUT2D eigenvalue weighted by molar-refractivity contribution is 5.93. The first-order valence-electron chi connectivity index (χ1n) is 10.4. The third-order valence-electron chi connectivity index (χ3n) is 5.35. The molecule has 0 saturated carbocycles. The quantitative estimate of drug-likeness (QED) is 0.353. The summed E-state index contributed by atoms with van der Waals surface area (Å²) in [5, 5.41) is 4.25. The van der Waals surface area contributed by atoms with Gasteiger partial charge < -0.3 is 5.32 Å². The molecule has 0 spiro atoms. The van der Waals surface area contributed by atoms with E-state index in [1.54, 1.807) is 24.7 Å². The number of aromatic nitrogens is 4. The normalized spacial score (nSPS) is 12.0. The fraction of sp³-hybridized carbons (Fsp3) is 0.0769. The first-order chi connectivity index (χ1) is 16.1. The van der Waals surface area contributed by atoms with E-state index in [9.17, 15) is 8.78 Å². The van der Waals surface area contributed by atoms with Gasteiger partial charge in [0.05, 0.1) is 17.3 Å². The van der Waals surface area contributed by atoms with Gasteiger partial charge in [0.1, 0.15) is 5.82 Å². The lowest BCUT2D eigenvalue weighted by molar-refractivity contribution is 0.509. The summed E-state index contributed by atoms with van der Waals surface area (Å²) in [6, 6.07) is 18.8. The van der Waals surface area contributed by atoms with Gasteiger partial charge in [-0.3, -0.25) is 9.97 Å². The summed E-state index contributed by atoms with van der Waals surface area (Å²) in [6.45, 7) is 2.01. The topological polar surface area (TPSA) is 63.6 Å². The average molecular weight is 439 g/mol. The molecular weight excluding hydrogens is 420 g/mol. The Morgan fingerprint density at radius 2 is 1.64 bits per heavy atom. The van der Waals surface area contributed by atoms with Crippen molar-refractivity contribution in [1.82, 2.24) is 19.9 Å². The molecule has 5 nitrogen and oxygen atoms in total. The van der Waals surface area contributed by atoms with E-state index in [0.29, 0.717) is 22.7 Å². The van der Waals surface area contributed by atoms with Crippen molar-refractivity contribution in [1.29, 1.82) is 0 Å². The van der Waals surface area contributed by atoms with Crippen LogP contribution >= 0.6 is 0 Å².